The number of likely N-dealkylation sites (N-methyl/N-ethyl adjacent to an activating group) is 1. The van der Waals surface area contributed by atoms with Crippen molar-refractivity contribution in [2.75, 3.05) is 25.0 Å². The lowest BCUT2D eigenvalue weighted by atomic mass is 10.0. The van der Waals surface area contributed by atoms with Gasteiger partial charge in [0.2, 0.25) is 11.8 Å². The van der Waals surface area contributed by atoms with Crippen molar-refractivity contribution in [1.82, 2.24) is 10.6 Å². The lowest BCUT2D eigenvalue weighted by molar-refractivity contribution is -0.126. The molecule has 5 nitrogen and oxygen atoms in total. The Kier molecular flexibility index (Phi) is 7.24. The molecule has 1 aromatic carbocycles. The van der Waals surface area contributed by atoms with E-state index in [0.717, 1.165) is 16.8 Å². The number of carbonyl (C=O) groups is 2. The molecule has 24 heavy (non-hydrogen) atoms. The van der Waals surface area contributed by atoms with Crippen molar-refractivity contribution in [3.63, 3.8) is 0 Å². The highest BCUT2D eigenvalue weighted by atomic mass is 35.5. The number of anilines is 1. The number of rotatable bonds is 5. The van der Waals surface area contributed by atoms with Gasteiger partial charge in [0.25, 0.3) is 0 Å². The maximum absolute atomic E-state index is 12.4. The molecule has 0 aromatic heterocycles. The van der Waals surface area contributed by atoms with Crippen LogP contribution in [-0.4, -0.2) is 38.0 Å². The Balaban J connectivity index is 0.00000288. The molecule has 2 N–H and O–H groups in total. The van der Waals surface area contributed by atoms with E-state index in [-0.39, 0.29) is 42.6 Å². The van der Waals surface area contributed by atoms with Crippen molar-refractivity contribution in [3.8, 4) is 0 Å². The highest BCUT2D eigenvalue weighted by molar-refractivity contribution is 6.01. The number of nitrogens with zero attached hydrogens (tertiary/aromatic N) is 1. The number of benzene rings is 1. The van der Waals surface area contributed by atoms with E-state index in [1.807, 2.05) is 27.8 Å². The molecule has 0 spiro atoms. The zero-order valence-corrected chi connectivity index (χ0v) is 15.9. The van der Waals surface area contributed by atoms with Crippen molar-refractivity contribution in [2.45, 2.75) is 40.2 Å². The topological polar surface area (TPSA) is 61.4 Å². The monoisotopic (exact) mass is 353 g/mol. The fraction of sp³-hybridized carbons (Fsp3) is 0.556. The first kappa shape index (κ1) is 20.5. The lowest BCUT2D eigenvalue weighted by Crippen LogP contribution is -2.40. The zero-order valence-electron chi connectivity index (χ0n) is 15.1. The van der Waals surface area contributed by atoms with Crippen LogP contribution in [0.15, 0.2) is 12.1 Å². The average Bonchev–Trinajstić information content (AvgIpc) is 2.85. The van der Waals surface area contributed by atoms with Crippen molar-refractivity contribution in [1.29, 1.82) is 0 Å². The molecule has 2 rings (SSSR count). The molecule has 1 fully saturated rings. The van der Waals surface area contributed by atoms with E-state index in [4.69, 9.17) is 0 Å². The quantitative estimate of drug-likeness (QED) is 0.852. The Labute approximate surface area is 150 Å². The molecule has 1 aliphatic heterocycles. The van der Waals surface area contributed by atoms with Gasteiger partial charge in [0.1, 0.15) is 0 Å². The molecule has 0 bridgehead atoms. The summed E-state index contributed by atoms with van der Waals surface area (Å²) in [4.78, 5) is 26.5. The summed E-state index contributed by atoms with van der Waals surface area (Å²) in [7, 11) is 1.86. The Bertz CT molecular complexity index is 595. The van der Waals surface area contributed by atoms with Gasteiger partial charge >= 0.3 is 0 Å². The minimum Gasteiger partial charge on any atom is -0.354 e. The van der Waals surface area contributed by atoms with Gasteiger partial charge in [-0.15, -0.1) is 12.4 Å². The van der Waals surface area contributed by atoms with Crippen LogP contribution >= 0.6 is 12.4 Å². The van der Waals surface area contributed by atoms with Gasteiger partial charge in [0.15, 0.2) is 0 Å². The fourth-order valence-corrected chi connectivity index (χ4v) is 3.20. The highest BCUT2D eigenvalue weighted by Gasteiger charge is 2.36. The molecule has 2 unspecified atom stereocenters. The van der Waals surface area contributed by atoms with Crippen LogP contribution in [0.1, 0.15) is 30.0 Å². The summed E-state index contributed by atoms with van der Waals surface area (Å²) in [5.41, 5.74) is 4.31. The van der Waals surface area contributed by atoms with Crippen LogP contribution in [0.5, 0.6) is 0 Å². The molecule has 2 atom stereocenters. The fourth-order valence-electron chi connectivity index (χ4n) is 3.20. The predicted octanol–water partition coefficient (Wildman–Crippen LogP) is 2.11. The molecule has 1 aromatic rings. The first-order valence-electron chi connectivity index (χ1n) is 8.16. The van der Waals surface area contributed by atoms with Crippen LogP contribution in [-0.2, 0) is 9.59 Å². The van der Waals surface area contributed by atoms with E-state index < -0.39 is 0 Å². The molecule has 2 amide bonds. The van der Waals surface area contributed by atoms with Gasteiger partial charge in [0.05, 0.1) is 5.92 Å². The Morgan fingerprint density at radius 1 is 1.29 bits per heavy atom. The summed E-state index contributed by atoms with van der Waals surface area (Å²) < 4.78 is 0. The maximum Gasteiger partial charge on any atom is 0.227 e. The minimum absolute atomic E-state index is 0. The largest absolute Gasteiger partial charge is 0.354 e. The summed E-state index contributed by atoms with van der Waals surface area (Å²) in [6.45, 7) is 9.13. The van der Waals surface area contributed by atoms with E-state index in [0.29, 0.717) is 13.1 Å². The highest BCUT2D eigenvalue weighted by Crippen LogP contribution is 2.31. The normalized spacial score (nSPS) is 18.3. The van der Waals surface area contributed by atoms with Crippen molar-refractivity contribution >= 4 is 29.9 Å². The number of carbonyl (C=O) groups excluding carboxylic acids is 2. The summed E-state index contributed by atoms with van der Waals surface area (Å²) >= 11 is 0. The van der Waals surface area contributed by atoms with Gasteiger partial charge in [-0.2, -0.15) is 0 Å². The average molecular weight is 354 g/mol. The van der Waals surface area contributed by atoms with Crippen LogP contribution in [0.4, 0.5) is 5.69 Å². The van der Waals surface area contributed by atoms with Gasteiger partial charge < -0.3 is 15.5 Å². The number of amides is 2. The predicted molar refractivity (Wildman–Crippen MR) is 99.9 cm³/mol. The second kappa shape index (κ2) is 8.49. The molecule has 1 saturated heterocycles. The SMILES string of the molecule is CNC(C)CNC(=O)C1CC(=O)N(c2c(C)cc(C)cc2C)C1.Cl. The molecule has 0 aliphatic carbocycles. The molecule has 6 heteroatoms. The summed E-state index contributed by atoms with van der Waals surface area (Å²) in [6.07, 6.45) is 0.284. The van der Waals surface area contributed by atoms with E-state index in [1.54, 1.807) is 4.90 Å². The van der Waals surface area contributed by atoms with Gasteiger partial charge in [-0.1, -0.05) is 17.7 Å². The number of halogens is 1. The Morgan fingerprint density at radius 3 is 2.42 bits per heavy atom. The van der Waals surface area contributed by atoms with E-state index in [1.165, 1.54) is 5.56 Å². The smallest absolute Gasteiger partial charge is 0.227 e. The third-order valence-electron chi connectivity index (χ3n) is 4.48. The van der Waals surface area contributed by atoms with Gasteiger partial charge in [0, 0.05) is 31.2 Å². The van der Waals surface area contributed by atoms with Crippen molar-refractivity contribution in [3.05, 3.63) is 28.8 Å². The second-order valence-corrected chi connectivity index (χ2v) is 6.59. The first-order valence-corrected chi connectivity index (χ1v) is 8.16. The Morgan fingerprint density at radius 2 is 1.88 bits per heavy atom. The molecular formula is C18H28ClN3O2. The summed E-state index contributed by atoms with van der Waals surface area (Å²) in [5, 5.41) is 6.01. The third kappa shape index (κ3) is 4.48. The van der Waals surface area contributed by atoms with Gasteiger partial charge in [-0.25, -0.2) is 0 Å². The first-order chi connectivity index (χ1) is 10.8. The van der Waals surface area contributed by atoms with Crippen LogP contribution in [0.25, 0.3) is 0 Å². The Hall–Kier alpha value is -1.59. The van der Waals surface area contributed by atoms with Gasteiger partial charge in [-0.3, -0.25) is 9.59 Å². The molecule has 0 saturated carbocycles. The van der Waals surface area contributed by atoms with Crippen LogP contribution < -0.4 is 15.5 Å². The number of nitrogens with one attached hydrogen (secondary N) is 2. The molecule has 0 radical (unpaired) electrons. The van der Waals surface area contributed by atoms with Gasteiger partial charge in [-0.05, 0) is 45.9 Å². The molecule has 134 valence electrons. The van der Waals surface area contributed by atoms with E-state index in [9.17, 15) is 9.59 Å². The third-order valence-corrected chi connectivity index (χ3v) is 4.48. The molecular weight excluding hydrogens is 326 g/mol. The van der Waals surface area contributed by atoms with E-state index >= 15 is 0 Å². The summed E-state index contributed by atoms with van der Waals surface area (Å²) in [5.74, 6) is -0.279. The number of hydrogen-bond acceptors (Lipinski definition) is 3. The van der Waals surface area contributed by atoms with Crippen molar-refractivity contribution in [2.24, 2.45) is 5.92 Å². The minimum atomic E-state index is -0.272. The number of hydrogen-bond donors (Lipinski definition) is 2. The van der Waals surface area contributed by atoms with Crippen molar-refractivity contribution < 1.29 is 9.59 Å². The van der Waals surface area contributed by atoms with Crippen LogP contribution in [0.2, 0.25) is 0 Å². The standard InChI is InChI=1S/C18H27N3O2.ClH/c1-11-6-12(2)17(13(3)7-11)21-10-15(8-16(21)22)18(23)20-9-14(4)19-5;/h6-7,14-15,19H,8-10H2,1-5H3,(H,20,23);1H. The molecule has 1 heterocycles. The van der Waals surface area contributed by atoms with Crippen LogP contribution in [0, 0.1) is 26.7 Å². The maximum atomic E-state index is 12.4. The summed E-state index contributed by atoms with van der Waals surface area (Å²) in [6, 6.07) is 4.38. The van der Waals surface area contributed by atoms with E-state index in [2.05, 4.69) is 29.7 Å². The second-order valence-electron chi connectivity index (χ2n) is 6.59. The molecule has 1 aliphatic rings. The number of aryl methyl sites for hydroxylation is 3. The van der Waals surface area contributed by atoms with Crippen LogP contribution in [0.3, 0.4) is 0 Å². The lowest BCUT2D eigenvalue weighted by Gasteiger charge is -2.22. The zero-order chi connectivity index (χ0) is 17.1.